The monoisotopic (exact) mass is 563 g/mol. The van der Waals surface area contributed by atoms with Crippen LogP contribution in [0.5, 0.6) is 0 Å². The van der Waals surface area contributed by atoms with E-state index in [1.165, 1.54) is 16.4 Å². The maximum absolute atomic E-state index is 14.5. The van der Waals surface area contributed by atoms with Crippen LogP contribution in [0.4, 0.5) is 20.2 Å². The average molecular weight is 564 g/mol. The second-order valence-corrected chi connectivity index (χ2v) is 11.3. The molecule has 1 saturated heterocycles. The van der Waals surface area contributed by atoms with Gasteiger partial charge in [-0.2, -0.15) is 4.31 Å². The molecule has 0 saturated carbocycles. The van der Waals surface area contributed by atoms with Crippen molar-refractivity contribution in [3.63, 3.8) is 0 Å². The molecular weight excluding hydrogens is 540 g/mol. The van der Waals surface area contributed by atoms with Gasteiger partial charge in [0.05, 0.1) is 16.1 Å². The van der Waals surface area contributed by atoms with Gasteiger partial charge in [-0.15, -0.1) is 0 Å². The fourth-order valence-electron chi connectivity index (χ4n) is 4.10. The number of halogens is 3. The highest BCUT2D eigenvalue weighted by Gasteiger charge is 2.33. The molecule has 3 aromatic rings. The lowest BCUT2D eigenvalue weighted by atomic mass is 10.1. The molecule has 0 aliphatic carbocycles. The number of nitrogens with zero attached hydrogens (tertiary/aromatic N) is 2. The van der Waals surface area contributed by atoms with Crippen molar-refractivity contribution in [1.29, 1.82) is 0 Å². The van der Waals surface area contributed by atoms with E-state index < -0.39 is 33.1 Å². The summed E-state index contributed by atoms with van der Waals surface area (Å²) in [6.45, 7) is 4.91. The number of anilines is 2. The normalized spacial score (nSPS) is 16.8. The number of rotatable bonds is 5. The molecule has 1 N–H and O–H groups in total. The molecule has 1 amide bonds. The zero-order valence-electron chi connectivity index (χ0n) is 19.1. The van der Waals surface area contributed by atoms with Gasteiger partial charge >= 0.3 is 0 Å². The van der Waals surface area contributed by atoms with Crippen LogP contribution in [0.25, 0.3) is 0 Å². The van der Waals surface area contributed by atoms with Crippen LogP contribution >= 0.6 is 15.9 Å². The van der Waals surface area contributed by atoms with Crippen molar-refractivity contribution >= 4 is 43.2 Å². The molecule has 1 atom stereocenters. The van der Waals surface area contributed by atoms with Gasteiger partial charge in [-0.05, 0) is 67.9 Å². The first kappa shape index (κ1) is 25.3. The van der Waals surface area contributed by atoms with Gasteiger partial charge in [0, 0.05) is 35.8 Å². The second-order valence-electron chi connectivity index (χ2n) is 8.46. The predicted octanol–water partition coefficient (Wildman–Crippen LogP) is 5.19. The van der Waals surface area contributed by atoms with Crippen LogP contribution < -0.4 is 10.2 Å². The number of hydrogen-bond acceptors (Lipinski definition) is 4. The maximum Gasteiger partial charge on any atom is 0.258 e. The Labute approximate surface area is 211 Å². The van der Waals surface area contributed by atoms with Crippen LogP contribution in [0.15, 0.2) is 70.0 Å². The number of sulfonamides is 1. The molecule has 4 rings (SSSR count). The summed E-state index contributed by atoms with van der Waals surface area (Å²) in [4.78, 5) is 14.6. The summed E-state index contributed by atoms with van der Waals surface area (Å²) < 4.78 is 57.1. The Bertz CT molecular complexity index is 1380. The van der Waals surface area contributed by atoms with Crippen molar-refractivity contribution in [1.82, 2.24) is 4.31 Å². The van der Waals surface area contributed by atoms with Gasteiger partial charge in [0.1, 0.15) is 11.6 Å². The van der Waals surface area contributed by atoms with E-state index in [4.69, 9.17) is 0 Å². The van der Waals surface area contributed by atoms with E-state index in [2.05, 4.69) is 32.2 Å². The Morgan fingerprint density at radius 1 is 1.03 bits per heavy atom. The Kier molecular flexibility index (Phi) is 7.25. The third-order valence-electron chi connectivity index (χ3n) is 5.92. The molecule has 35 heavy (non-hydrogen) atoms. The first-order chi connectivity index (χ1) is 16.6. The first-order valence-electron chi connectivity index (χ1n) is 11.0. The molecule has 0 spiro atoms. The van der Waals surface area contributed by atoms with Crippen LogP contribution in [0, 0.1) is 18.6 Å². The summed E-state index contributed by atoms with van der Waals surface area (Å²) in [6, 6.07) is 15.0. The average Bonchev–Trinajstić information content (AvgIpc) is 2.81. The van der Waals surface area contributed by atoms with Gasteiger partial charge in [-0.25, -0.2) is 17.2 Å². The zero-order valence-corrected chi connectivity index (χ0v) is 21.5. The molecule has 0 aromatic heterocycles. The van der Waals surface area contributed by atoms with Gasteiger partial charge in [0.2, 0.25) is 10.0 Å². The van der Waals surface area contributed by atoms with Crippen LogP contribution in [-0.2, 0) is 10.0 Å². The molecular formula is C25H24BrF2N3O3S. The molecule has 1 unspecified atom stereocenters. The fourth-order valence-corrected chi connectivity index (χ4v) is 5.97. The van der Waals surface area contributed by atoms with Crippen LogP contribution in [0.3, 0.4) is 0 Å². The molecule has 1 aliphatic heterocycles. The van der Waals surface area contributed by atoms with Crippen molar-refractivity contribution in [3.05, 3.63) is 87.9 Å². The summed E-state index contributed by atoms with van der Waals surface area (Å²) in [5.74, 6) is -2.56. The van der Waals surface area contributed by atoms with E-state index in [1.807, 2.05) is 32.0 Å². The molecule has 1 heterocycles. The van der Waals surface area contributed by atoms with Crippen LogP contribution in [0.2, 0.25) is 0 Å². The highest BCUT2D eigenvalue weighted by Crippen LogP contribution is 2.27. The SMILES string of the molecule is Cc1cccc(N2CCN(S(=O)(=O)c3ccc(F)c(C(=O)Nc4ccc(Br)cc4F)c3)CC2C)c1. The second kappa shape index (κ2) is 10.0. The minimum absolute atomic E-state index is 0.0936. The summed E-state index contributed by atoms with van der Waals surface area (Å²) in [7, 11) is -3.99. The smallest absolute Gasteiger partial charge is 0.258 e. The fraction of sp³-hybridized carbons (Fsp3) is 0.240. The van der Waals surface area contributed by atoms with Crippen LogP contribution in [-0.4, -0.2) is 44.3 Å². The topological polar surface area (TPSA) is 69.7 Å². The Morgan fingerprint density at radius 3 is 2.49 bits per heavy atom. The standard InChI is InChI=1S/C25H24BrF2N3O3S/c1-16-4-3-5-19(12-16)31-11-10-30(15-17(31)2)35(33,34)20-7-8-22(27)21(14-20)25(32)29-24-9-6-18(26)13-23(24)28/h3-9,12-14,17H,10-11,15H2,1-2H3,(H,29,32). The largest absolute Gasteiger partial charge is 0.366 e. The van der Waals surface area contributed by atoms with Gasteiger partial charge in [-0.1, -0.05) is 28.1 Å². The Balaban J connectivity index is 1.55. The number of nitrogens with one attached hydrogen (secondary N) is 1. The number of hydrogen-bond donors (Lipinski definition) is 1. The summed E-state index contributed by atoms with van der Waals surface area (Å²) in [6.07, 6.45) is 0. The molecule has 1 fully saturated rings. The minimum atomic E-state index is -3.99. The number of piperazine rings is 1. The molecule has 1 aliphatic rings. The van der Waals surface area contributed by atoms with E-state index in [1.54, 1.807) is 0 Å². The third kappa shape index (κ3) is 5.39. The van der Waals surface area contributed by atoms with Crippen molar-refractivity contribution in [3.8, 4) is 0 Å². The van der Waals surface area contributed by atoms with E-state index in [0.717, 1.165) is 35.5 Å². The first-order valence-corrected chi connectivity index (χ1v) is 13.2. The molecule has 10 heteroatoms. The number of aryl methyl sites for hydroxylation is 1. The molecule has 184 valence electrons. The maximum atomic E-state index is 14.5. The summed E-state index contributed by atoms with van der Waals surface area (Å²) in [5.41, 5.74) is 1.51. The van der Waals surface area contributed by atoms with Crippen LogP contribution in [0.1, 0.15) is 22.8 Å². The van der Waals surface area contributed by atoms with Gasteiger partial charge in [0.15, 0.2) is 0 Å². The Hall–Kier alpha value is -2.82. The van der Waals surface area contributed by atoms with Gasteiger partial charge in [-0.3, -0.25) is 4.79 Å². The molecule has 3 aromatic carbocycles. The Morgan fingerprint density at radius 2 is 1.80 bits per heavy atom. The molecule has 0 bridgehead atoms. The van der Waals surface area contributed by atoms with Gasteiger partial charge in [0.25, 0.3) is 5.91 Å². The van der Waals surface area contributed by atoms with Crippen molar-refractivity contribution in [2.45, 2.75) is 24.8 Å². The lowest BCUT2D eigenvalue weighted by Gasteiger charge is -2.40. The lowest BCUT2D eigenvalue weighted by Crippen LogP contribution is -2.53. The van der Waals surface area contributed by atoms with Gasteiger partial charge < -0.3 is 10.2 Å². The van der Waals surface area contributed by atoms with Crippen molar-refractivity contribution in [2.75, 3.05) is 29.9 Å². The van der Waals surface area contributed by atoms with Crippen molar-refractivity contribution < 1.29 is 22.0 Å². The number of amides is 1. The lowest BCUT2D eigenvalue weighted by molar-refractivity contribution is 0.102. The number of benzene rings is 3. The van der Waals surface area contributed by atoms with E-state index in [-0.39, 0.29) is 29.7 Å². The summed E-state index contributed by atoms with van der Waals surface area (Å²) in [5, 5.41) is 2.30. The van der Waals surface area contributed by atoms with E-state index in [9.17, 15) is 22.0 Å². The van der Waals surface area contributed by atoms with E-state index in [0.29, 0.717) is 11.0 Å². The van der Waals surface area contributed by atoms with Crippen molar-refractivity contribution in [2.24, 2.45) is 0 Å². The quantitative estimate of drug-likeness (QED) is 0.464. The molecule has 6 nitrogen and oxygen atoms in total. The molecule has 0 radical (unpaired) electrons. The predicted molar refractivity (Wildman–Crippen MR) is 135 cm³/mol. The highest BCUT2D eigenvalue weighted by atomic mass is 79.9. The highest BCUT2D eigenvalue weighted by molar-refractivity contribution is 9.10. The zero-order chi connectivity index (χ0) is 25.3. The third-order valence-corrected chi connectivity index (χ3v) is 8.28. The minimum Gasteiger partial charge on any atom is -0.366 e. The number of carbonyl (C=O) groups excluding carboxylic acids is 1. The number of carbonyl (C=O) groups is 1. The van der Waals surface area contributed by atoms with E-state index >= 15 is 0 Å². The summed E-state index contributed by atoms with van der Waals surface area (Å²) >= 11 is 3.13.